The van der Waals surface area contributed by atoms with Gasteiger partial charge in [0.25, 0.3) is 5.91 Å². The number of imide groups is 1. The molecule has 0 atom stereocenters. The molecule has 10 heteroatoms. The molecule has 4 aromatic carbocycles. The first-order chi connectivity index (χ1) is 19.8. The fourth-order valence-corrected chi connectivity index (χ4v) is 4.99. The maximum Gasteiger partial charge on any atom is 0.329 e. The minimum Gasteiger partial charge on any atom is -0.490 e. The van der Waals surface area contributed by atoms with E-state index in [-0.39, 0.29) is 11.4 Å². The van der Waals surface area contributed by atoms with Gasteiger partial charge in [-0.25, -0.2) is 14.1 Å². The number of nitrogens with one attached hydrogen (secondary N) is 2. The molecule has 0 aliphatic carbocycles. The number of carbonyl (C=O) groups excluding carboxylic acids is 3. The van der Waals surface area contributed by atoms with Crippen LogP contribution >= 0.6 is 15.9 Å². The number of hydrogen-bond acceptors (Lipinski definition) is 5. The summed E-state index contributed by atoms with van der Waals surface area (Å²) in [6.07, 6.45) is 1.48. The molecule has 0 spiro atoms. The van der Waals surface area contributed by atoms with Gasteiger partial charge in [-0.2, -0.15) is 0 Å². The number of halogens is 2. The summed E-state index contributed by atoms with van der Waals surface area (Å²) in [5.41, 5.74) is 1.50. The number of para-hydroxylation sites is 1. The number of rotatable bonds is 9. The van der Waals surface area contributed by atoms with E-state index in [1.807, 2.05) is 49.4 Å². The first-order valence-corrected chi connectivity index (χ1v) is 13.6. The van der Waals surface area contributed by atoms with Crippen molar-refractivity contribution in [3.8, 4) is 11.5 Å². The highest BCUT2D eigenvalue weighted by Crippen LogP contribution is 2.38. The zero-order chi connectivity index (χ0) is 28.9. The monoisotopic (exact) mass is 617 g/mol. The Balaban J connectivity index is 1.33. The molecule has 0 saturated carbocycles. The second kappa shape index (κ2) is 12.2. The van der Waals surface area contributed by atoms with Crippen LogP contribution in [-0.4, -0.2) is 35.9 Å². The lowest BCUT2D eigenvalue weighted by Gasteiger charge is -2.16. The predicted molar refractivity (Wildman–Crippen MR) is 157 cm³/mol. The molecule has 5 rings (SSSR count). The lowest BCUT2D eigenvalue weighted by Crippen LogP contribution is -2.38. The van der Waals surface area contributed by atoms with Crippen molar-refractivity contribution in [2.45, 2.75) is 13.5 Å². The Kier molecular flexibility index (Phi) is 8.30. The highest BCUT2D eigenvalue weighted by Gasteiger charge is 2.35. The minimum atomic E-state index is -0.760. The molecule has 2 N–H and O–H groups in total. The summed E-state index contributed by atoms with van der Waals surface area (Å²) in [5.74, 6) is -1.08. The number of ether oxygens (including phenoxy) is 2. The Labute approximate surface area is 243 Å². The maximum absolute atomic E-state index is 13.9. The highest BCUT2D eigenvalue weighted by atomic mass is 79.9. The topological polar surface area (TPSA) is 97.0 Å². The van der Waals surface area contributed by atoms with Crippen LogP contribution in [0.1, 0.15) is 18.1 Å². The Morgan fingerprint density at radius 1 is 1.02 bits per heavy atom. The van der Waals surface area contributed by atoms with Crippen molar-refractivity contribution >= 4 is 56.3 Å². The van der Waals surface area contributed by atoms with E-state index in [9.17, 15) is 18.8 Å². The maximum atomic E-state index is 13.9. The summed E-state index contributed by atoms with van der Waals surface area (Å²) in [5, 5.41) is 7.06. The zero-order valence-corrected chi connectivity index (χ0v) is 23.5. The summed E-state index contributed by atoms with van der Waals surface area (Å²) < 4.78 is 26.5. The first-order valence-electron chi connectivity index (χ1n) is 12.8. The van der Waals surface area contributed by atoms with Crippen LogP contribution in [0, 0.1) is 5.82 Å². The van der Waals surface area contributed by atoms with E-state index in [0.29, 0.717) is 34.7 Å². The molecule has 0 unspecified atom stereocenters. The van der Waals surface area contributed by atoms with Crippen LogP contribution in [-0.2, 0) is 16.2 Å². The molecule has 0 radical (unpaired) electrons. The zero-order valence-electron chi connectivity index (χ0n) is 21.9. The molecule has 1 heterocycles. The Hall–Kier alpha value is -4.70. The van der Waals surface area contributed by atoms with Crippen molar-refractivity contribution < 1.29 is 28.2 Å². The number of nitrogens with zero attached hydrogens (tertiary/aromatic N) is 1. The average molecular weight is 618 g/mol. The molecule has 0 aromatic heterocycles. The third-order valence-corrected chi connectivity index (χ3v) is 6.90. The van der Waals surface area contributed by atoms with Crippen molar-refractivity contribution in [2.24, 2.45) is 0 Å². The number of amides is 4. The van der Waals surface area contributed by atoms with Crippen LogP contribution in [0.15, 0.2) is 89.0 Å². The van der Waals surface area contributed by atoms with Crippen LogP contribution in [0.25, 0.3) is 16.8 Å². The third kappa shape index (κ3) is 6.22. The van der Waals surface area contributed by atoms with E-state index in [2.05, 4.69) is 26.6 Å². The lowest BCUT2D eigenvalue weighted by atomic mass is 10.1. The van der Waals surface area contributed by atoms with Crippen molar-refractivity contribution in [1.29, 1.82) is 0 Å². The van der Waals surface area contributed by atoms with E-state index in [0.717, 1.165) is 21.2 Å². The van der Waals surface area contributed by atoms with Gasteiger partial charge in [0.1, 0.15) is 24.7 Å². The molecular formula is C31H25BrFN3O5. The second-order valence-corrected chi connectivity index (χ2v) is 9.95. The molecule has 1 aliphatic rings. The Bertz CT molecular complexity index is 1680. The van der Waals surface area contributed by atoms with Gasteiger partial charge in [-0.15, -0.1) is 0 Å². The number of hydrogen-bond donors (Lipinski definition) is 2. The first kappa shape index (κ1) is 27.9. The van der Waals surface area contributed by atoms with E-state index in [4.69, 9.17) is 9.47 Å². The molecule has 1 aliphatic heterocycles. The fraction of sp³-hybridized carbons (Fsp3) is 0.129. The normalized spacial score (nSPS) is 13.9. The SMILES string of the molecule is CCOc1cc(/C=C2/NC(=O)N(CC(=O)Nc3ccccc3F)C2=O)cc(Br)c1OCc1cccc2ccccc12. The fourth-order valence-electron chi connectivity index (χ4n) is 4.42. The molecule has 208 valence electrons. The van der Waals surface area contributed by atoms with Gasteiger partial charge in [-0.3, -0.25) is 9.59 Å². The van der Waals surface area contributed by atoms with E-state index >= 15 is 0 Å². The quantitative estimate of drug-likeness (QED) is 0.171. The summed E-state index contributed by atoms with van der Waals surface area (Å²) in [7, 11) is 0. The molecule has 41 heavy (non-hydrogen) atoms. The smallest absolute Gasteiger partial charge is 0.329 e. The molecule has 4 aromatic rings. The number of benzene rings is 4. The highest BCUT2D eigenvalue weighted by molar-refractivity contribution is 9.10. The van der Waals surface area contributed by atoms with Crippen molar-refractivity contribution in [3.63, 3.8) is 0 Å². The molecular weight excluding hydrogens is 593 g/mol. The Morgan fingerprint density at radius 2 is 1.78 bits per heavy atom. The van der Waals surface area contributed by atoms with E-state index < -0.39 is 30.2 Å². The van der Waals surface area contributed by atoms with Gasteiger partial charge in [-0.05, 0) is 75.1 Å². The molecule has 8 nitrogen and oxygen atoms in total. The largest absolute Gasteiger partial charge is 0.490 e. The third-order valence-electron chi connectivity index (χ3n) is 6.31. The lowest BCUT2D eigenvalue weighted by molar-refractivity contribution is -0.127. The van der Waals surface area contributed by atoms with Crippen molar-refractivity contribution in [1.82, 2.24) is 10.2 Å². The second-order valence-electron chi connectivity index (χ2n) is 9.10. The van der Waals surface area contributed by atoms with E-state index in [1.54, 1.807) is 18.2 Å². The Morgan fingerprint density at radius 3 is 2.59 bits per heavy atom. The van der Waals surface area contributed by atoms with Crippen molar-refractivity contribution in [3.05, 3.63) is 106 Å². The van der Waals surface area contributed by atoms with Crippen LogP contribution in [0.3, 0.4) is 0 Å². The van der Waals surface area contributed by atoms with Crippen molar-refractivity contribution in [2.75, 3.05) is 18.5 Å². The van der Waals surface area contributed by atoms with Gasteiger partial charge in [-0.1, -0.05) is 54.6 Å². The number of urea groups is 1. The molecule has 1 fully saturated rings. The van der Waals surface area contributed by atoms with Gasteiger partial charge in [0, 0.05) is 0 Å². The summed E-state index contributed by atoms with van der Waals surface area (Å²) in [6, 6.07) is 22.4. The number of carbonyl (C=O) groups is 3. The summed E-state index contributed by atoms with van der Waals surface area (Å²) in [4.78, 5) is 38.6. The van der Waals surface area contributed by atoms with Crippen LogP contribution in [0.4, 0.5) is 14.9 Å². The van der Waals surface area contributed by atoms with Gasteiger partial charge in [0.05, 0.1) is 16.8 Å². The summed E-state index contributed by atoms with van der Waals surface area (Å²) >= 11 is 3.55. The van der Waals surface area contributed by atoms with Gasteiger partial charge >= 0.3 is 6.03 Å². The molecule has 0 bridgehead atoms. The average Bonchev–Trinajstić information content (AvgIpc) is 3.21. The summed E-state index contributed by atoms with van der Waals surface area (Å²) in [6.45, 7) is 1.94. The van der Waals surface area contributed by atoms with E-state index in [1.165, 1.54) is 24.3 Å². The molecule has 1 saturated heterocycles. The van der Waals surface area contributed by atoms with Gasteiger partial charge in [0.15, 0.2) is 11.5 Å². The van der Waals surface area contributed by atoms with Gasteiger partial charge in [0.2, 0.25) is 5.91 Å². The van der Waals surface area contributed by atoms with Crippen LogP contribution in [0.5, 0.6) is 11.5 Å². The van der Waals surface area contributed by atoms with Gasteiger partial charge < -0.3 is 20.1 Å². The van der Waals surface area contributed by atoms with Crippen LogP contribution < -0.4 is 20.1 Å². The number of fused-ring (bicyclic) bond motifs is 1. The minimum absolute atomic E-state index is 0.0209. The predicted octanol–water partition coefficient (Wildman–Crippen LogP) is 6.25. The number of anilines is 1. The molecule has 4 amide bonds. The standard InChI is InChI=1S/C31H25BrFN3O5/c1-2-40-27-16-19(14-23(32)29(27)41-18-21-10-7-9-20-8-3-4-11-22(20)21)15-26-30(38)36(31(39)35-26)17-28(37)34-25-13-6-5-12-24(25)33/h3-16H,2,17-18H2,1H3,(H,34,37)(H,35,39)/b26-15+. The van der Waals surface area contributed by atoms with Crippen LogP contribution in [0.2, 0.25) is 0 Å².